The number of hydrogen-bond donors (Lipinski definition) is 2. The molecule has 0 unspecified atom stereocenters. The molecular weight excluding hydrogens is 292 g/mol. The van der Waals surface area contributed by atoms with E-state index in [0.29, 0.717) is 11.3 Å². The van der Waals surface area contributed by atoms with E-state index < -0.39 is 12.0 Å². The third-order valence-electron chi connectivity index (χ3n) is 3.87. The number of esters is 1. The molecule has 0 fully saturated rings. The Bertz CT molecular complexity index is 811. The molecule has 2 N–H and O–H groups in total. The highest BCUT2D eigenvalue weighted by Crippen LogP contribution is 2.29. The minimum absolute atomic E-state index is 0.286. The molecule has 2 aromatic carbocycles. The molecule has 0 aliphatic carbocycles. The van der Waals surface area contributed by atoms with E-state index in [9.17, 15) is 9.59 Å². The molecule has 0 bridgehead atoms. The van der Waals surface area contributed by atoms with Gasteiger partial charge in [-0.1, -0.05) is 36.4 Å². The van der Waals surface area contributed by atoms with Crippen molar-refractivity contribution in [2.24, 2.45) is 0 Å². The molecular formula is C18H18N2O3. The van der Waals surface area contributed by atoms with Crippen molar-refractivity contribution in [1.82, 2.24) is 10.6 Å². The number of carbonyl (C=O) groups is 2. The lowest BCUT2D eigenvalue weighted by atomic mass is 9.94. The van der Waals surface area contributed by atoms with Gasteiger partial charge in [-0.3, -0.25) is 0 Å². The Kier molecular flexibility index (Phi) is 4.02. The Balaban J connectivity index is 2.07. The number of fused-ring (bicyclic) bond motifs is 1. The topological polar surface area (TPSA) is 67.4 Å². The van der Waals surface area contributed by atoms with Gasteiger partial charge in [-0.25, -0.2) is 9.59 Å². The summed E-state index contributed by atoms with van der Waals surface area (Å²) in [5.41, 5.74) is 1.80. The van der Waals surface area contributed by atoms with Crippen LogP contribution >= 0.6 is 0 Å². The fourth-order valence-corrected chi connectivity index (χ4v) is 2.81. The van der Waals surface area contributed by atoms with Gasteiger partial charge in [0, 0.05) is 5.70 Å². The molecule has 2 amide bonds. The van der Waals surface area contributed by atoms with E-state index in [1.807, 2.05) is 42.5 Å². The van der Waals surface area contributed by atoms with E-state index in [-0.39, 0.29) is 12.6 Å². The Morgan fingerprint density at radius 1 is 1.17 bits per heavy atom. The second-order valence-electron chi connectivity index (χ2n) is 5.40. The molecule has 1 aliphatic heterocycles. The molecule has 2 aromatic rings. The number of hydrogen-bond acceptors (Lipinski definition) is 3. The highest BCUT2D eigenvalue weighted by Gasteiger charge is 2.32. The maximum atomic E-state index is 12.3. The first-order valence-electron chi connectivity index (χ1n) is 7.54. The minimum atomic E-state index is -0.521. The molecule has 3 rings (SSSR count). The molecule has 23 heavy (non-hydrogen) atoms. The van der Waals surface area contributed by atoms with E-state index in [4.69, 9.17) is 4.74 Å². The molecule has 0 aromatic heterocycles. The van der Waals surface area contributed by atoms with Crippen LogP contribution in [0.1, 0.15) is 25.5 Å². The van der Waals surface area contributed by atoms with Crippen molar-refractivity contribution >= 4 is 22.8 Å². The summed E-state index contributed by atoms with van der Waals surface area (Å²) in [6.07, 6.45) is 0. The van der Waals surface area contributed by atoms with Crippen LogP contribution < -0.4 is 10.6 Å². The van der Waals surface area contributed by atoms with Crippen molar-refractivity contribution in [3.05, 3.63) is 59.3 Å². The summed E-state index contributed by atoms with van der Waals surface area (Å²) in [7, 11) is 0. The number of ether oxygens (including phenoxy) is 1. The third kappa shape index (κ3) is 2.90. The molecule has 0 saturated heterocycles. The van der Waals surface area contributed by atoms with Gasteiger partial charge in [-0.05, 0) is 36.2 Å². The molecule has 5 heteroatoms. The quantitative estimate of drug-likeness (QED) is 0.856. The summed E-state index contributed by atoms with van der Waals surface area (Å²) in [6.45, 7) is 3.75. The monoisotopic (exact) mass is 310 g/mol. The fourth-order valence-electron chi connectivity index (χ4n) is 2.81. The predicted octanol–water partition coefficient (Wildman–Crippen LogP) is 3.03. The first-order chi connectivity index (χ1) is 11.1. The van der Waals surface area contributed by atoms with Crippen LogP contribution in [0.25, 0.3) is 10.8 Å². The standard InChI is InChI=1S/C18H18N2O3/c1-3-23-17(21)15-11(2)19-18(22)20-16(15)14-9-8-12-6-4-5-7-13(12)10-14/h4-10,16H,3H2,1-2H3,(H2,19,20,22)/t16-/m1/s1. The van der Waals surface area contributed by atoms with Crippen molar-refractivity contribution < 1.29 is 14.3 Å². The number of rotatable bonds is 3. The van der Waals surface area contributed by atoms with Crippen LogP contribution in [0.5, 0.6) is 0 Å². The van der Waals surface area contributed by atoms with E-state index >= 15 is 0 Å². The van der Waals surface area contributed by atoms with Crippen LogP contribution in [-0.4, -0.2) is 18.6 Å². The molecule has 0 radical (unpaired) electrons. The second kappa shape index (κ2) is 6.12. The number of carbonyl (C=O) groups excluding carboxylic acids is 2. The Hall–Kier alpha value is -2.82. The van der Waals surface area contributed by atoms with Gasteiger partial charge in [-0.2, -0.15) is 0 Å². The summed E-state index contributed by atoms with van der Waals surface area (Å²) in [5, 5.41) is 7.60. The summed E-state index contributed by atoms with van der Waals surface area (Å²) in [5.74, 6) is -0.421. The fraction of sp³-hybridized carbons (Fsp3) is 0.222. The molecule has 0 spiro atoms. The summed E-state index contributed by atoms with van der Waals surface area (Å²) in [4.78, 5) is 24.1. The highest BCUT2D eigenvalue weighted by atomic mass is 16.5. The predicted molar refractivity (Wildman–Crippen MR) is 87.7 cm³/mol. The Labute approximate surface area is 134 Å². The van der Waals surface area contributed by atoms with Gasteiger partial charge in [0.1, 0.15) is 0 Å². The van der Waals surface area contributed by atoms with Gasteiger partial charge < -0.3 is 15.4 Å². The molecule has 5 nitrogen and oxygen atoms in total. The summed E-state index contributed by atoms with van der Waals surface area (Å²) < 4.78 is 5.14. The zero-order chi connectivity index (χ0) is 16.4. The van der Waals surface area contributed by atoms with Gasteiger partial charge in [0.15, 0.2) is 0 Å². The van der Waals surface area contributed by atoms with Gasteiger partial charge in [0.05, 0.1) is 18.2 Å². The maximum Gasteiger partial charge on any atom is 0.338 e. The van der Waals surface area contributed by atoms with Gasteiger partial charge in [0.25, 0.3) is 0 Å². The van der Waals surface area contributed by atoms with E-state index in [1.165, 1.54) is 0 Å². The molecule has 1 aliphatic rings. The van der Waals surface area contributed by atoms with Gasteiger partial charge in [-0.15, -0.1) is 0 Å². The summed E-state index contributed by atoms with van der Waals surface area (Å²) >= 11 is 0. The SMILES string of the molecule is CCOC(=O)C1=C(C)NC(=O)N[C@@H]1c1ccc2ccccc2c1. The normalized spacial score (nSPS) is 17.7. The number of benzene rings is 2. The van der Waals surface area contributed by atoms with Crippen LogP contribution in [0.15, 0.2) is 53.7 Å². The van der Waals surface area contributed by atoms with Gasteiger partial charge in [0.2, 0.25) is 0 Å². The lowest BCUT2D eigenvalue weighted by Gasteiger charge is -2.28. The smallest absolute Gasteiger partial charge is 0.338 e. The number of urea groups is 1. The minimum Gasteiger partial charge on any atom is -0.463 e. The zero-order valence-electron chi connectivity index (χ0n) is 13.1. The van der Waals surface area contributed by atoms with Crippen molar-refractivity contribution in [1.29, 1.82) is 0 Å². The second-order valence-corrected chi connectivity index (χ2v) is 5.40. The van der Waals surface area contributed by atoms with Crippen LogP contribution in [0.2, 0.25) is 0 Å². The number of nitrogens with one attached hydrogen (secondary N) is 2. The Morgan fingerprint density at radius 3 is 2.65 bits per heavy atom. The maximum absolute atomic E-state index is 12.3. The van der Waals surface area contributed by atoms with Crippen LogP contribution in [0, 0.1) is 0 Å². The lowest BCUT2D eigenvalue weighted by Crippen LogP contribution is -2.45. The number of allylic oxidation sites excluding steroid dienone is 1. The van der Waals surface area contributed by atoms with E-state index in [1.54, 1.807) is 13.8 Å². The molecule has 0 saturated carbocycles. The molecule has 1 heterocycles. The lowest BCUT2D eigenvalue weighted by molar-refractivity contribution is -0.139. The largest absolute Gasteiger partial charge is 0.463 e. The first kappa shape index (κ1) is 15.1. The van der Waals surface area contributed by atoms with Crippen LogP contribution in [-0.2, 0) is 9.53 Å². The van der Waals surface area contributed by atoms with Crippen LogP contribution in [0.4, 0.5) is 4.79 Å². The van der Waals surface area contributed by atoms with Crippen molar-refractivity contribution in [2.75, 3.05) is 6.61 Å². The summed E-state index contributed by atoms with van der Waals surface area (Å²) in [6, 6.07) is 13.0. The average Bonchev–Trinajstić information content (AvgIpc) is 2.53. The molecule has 118 valence electrons. The zero-order valence-corrected chi connectivity index (χ0v) is 13.1. The van der Waals surface area contributed by atoms with Crippen molar-refractivity contribution in [2.45, 2.75) is 19.9 Å². The van der Waals surface area contributed by atoms with Crippen molar-refractivity contribution in [3.8, 4) is 0 Å². The number of amides is 2. The van der Waals surface area contributed by atoms with Gasteiger partial charge >= 0.3 is 12.0 Å². The van der Waals surface area contributed by atoms with Crippen molar-refractivity contribution in [3.63, 3.8) is 0 Å². The van der Waals surface area contributed by atoms with E-state index in [0.717, 1.165) is 16.3 Å². The Morgan fingerprint density at radius 2 is 1.91 bits per heavy atom. The highest BCUT2D eigenvalue weighted by molar-refractivity contribution is 5.95. The third-order valence-corrected chi connectivity index (χ3v) is 3.87. The molecule has 1 atom stereocenters. The van der Waals surface area contributed by atoms with E-state index in [2.05, 4.69) is 10.6 Å². The van der Waals surface area contributed by atoms with Crippen LogP contribution in [0.3, 0.4) is 0 Å². The average molecular weight is 310 g/mol. The first-order valence-corrected chi connectivity index (χ1v) is 7.54.